The zero-order valence-electron chi connectivity index (χ0n) is 8.49. The third-order valence-corrected chi connectivity index (χ3v) is 3.15. The lowest BCUT2D eigenvalue weighted by molar-refractivity contribution is -0.118. The molecule has 0 spiro atoms. The van der Waals surface area contributed by atoms with Crippen LogP contribution in [0.5, 0.6) is 0 Å². The van der Waals surface area contributed by atoms with E-state index in [1.54, 1.807) is 11.3 Å². The molecule has 2 aromatic rings. The molecule has 4 heteroatoms. The predicted molar refractivity (Wildman–Crippen MR) is 62.0 cm³/mol. The summed E-state index contributed by atoms with van der Waals surface area (Å²) in [5.74, 6) is 0.0103. The molecule has 1 aromatic carbocycles. The van der Waals surface area contributed by atoms with Crippen LogP contribution in [-0.4, -0.2) is 17.4 Å². The summed E-state index contributed by atoms with van der Waals surface area (Å²) in [6.45, 7) is 2.19. The van der Waals surface area contributed by atoms with Gasteiger partial charge < -0.3 is 5.32 Å². The first kappa shape index (κ1) is 10.1. The molecule has 0 bridgehead atoms. The van der Waals surface area contributed by atoms with Crippen molar-refractivity contribution in [1.82, 2.24) is 10.3 Å². The molecule has 0 aliphatic rings. The Hall–Kier alpha value is -1.42. The molecule has 0 saturated carbocycles. The van der Waals surface area contributed by atoms with Crippen molar-refractivity contribution in [3.05, 3.63) is 29.3 Å². The maximum absolute atomic E-state index is 10.7. The number of fused-ring (bicyclic) bond motifs is 1. The van der Waals surface area contributed by atoms with Gasteiger partial charge in [0, 0.05) is 19.9 Å². The summed E-state index contributed by atoms with van der Waals surface area (Å²) >= 11 is 1.69. The van der Waals surface area contributed by atoms with Gasteiger partial charge >= 0.3 is 0 Å². The van der Waals surface area contributed by atoms with E-state index < -0.39 is 0 Å². The lowest BCUT2D eigenvalue weighted by atomic mass is 10.3. The van der Waals surface area contributed by atoms with Crippen LogP contribution in [-0.2, 0) is 11.2 Å². The fourth-order valence-corrected chi connectivity index (χ4v) is 2.34. The Morgan fingerprint density at radius 1 is 1.47 bits per heavy atom. The van der Waals surface area contributed by atoms with Crippen molar-refractivity contribution in [1.29, 1.82) is 0 Å². The van der Waals surface area contributed by atoms with Gasteiger partial charge in [-0.25, -0.2) is 4.98 Å². The number of nitrogens with zero attached hydrogens (tertiary/aromatic N) is 1. The van der Waals surface area contributed by atoms with E-state index in [0.29, 0.717) is 6.54 Å². The lowest BCUT2D eigenvalue weighted by Gasteiger charge is -1.97. The van der Waals surface area contributed by atoms with Gasteiger partial charge in [0.25, 0.3) is 0 Å². The average molecular weight is 220 g/mol. The van der Waals surface area contributed by atoms with Crippen LogP contribution < -0.4 is 5.32 Å². The summed E-state index contributed by atoms with van der Waals surface area (Å²) in [7, 11) is 0. The summed E-state index contributed by atoms with van der Waals surface area (Å²) < 4.78 is 1.20. The van der Waals surface area contributed by atoms with Crippen LogP contribution in [0, 0.1) is 0 Å². The van der Waals surface area contributed by atoms with E-state index in [9.17, 15) is 4.79 Å². The van der Waals surface area contributed by atoms with Crippen molar-refractivity contribution in [3.8, 4) is 0 Å². The van der Waals surface area contributed by atoms with E-state index in [2.05, 4.69) is 16.4 Å². The van der Waals surface area contributed by atoms with E-state index in [1.807, 2.05) is 18.2 Å². The molecule has 0 aliphatic heterocycles. The first-order chi connectivity index (χ1) is 7.25. The second-order valence-corrected chi connectivity index (χ2v) is 4.42. The highest BCUT2D eigenvalue weighted by atomic mass is 32.1. The lowest BCUT2D eigenvalue weighted by Crippen LogP contribution is -2.22. The number of aromatic nitrogens is 1. The number of para-hydroxylation sites is 1. The number of nitrogens with one attached hydrogen (secondary N) is 1. The zero-order chi connectivity index (χ0) is 10.7. The fourth-order valence-electron chi connectivity index (χ4n) is 1.37. The van der Waals surface area contributed by atoms with Gasteiger partial charge in [0.2, 0.25) is 5.91 Å². The van der Waals surface area contributed by atoms with Crippen molar-refractivity contribution in [3.63, 3.8) is 0 Å². The molecule has 1 aromatic heterocycles. The van der Waals surface area contributed by atoms with Crippen LogP contribution in [0.2, 0.25) is 0 Å². The van der Waals surface area contributed by atoms with Crippen LogP contribution >= 0.6 is 11.3 Å². The second-order valence-electron chi connectivity index (χ2n) is 3.31. The summed E-state index contributed by atoms with van der Waals surface area (Å²) in [6, 6.07) is 8.07. The van der Waals surface area contributed by atoms with Crippen molar-refractivity contribution in [2.45, 2.75) is 13.3 Å². The van der Waals surface area contributed by atoms with Gasteiger partial charge in [0.1, 0.15) is 0 Å². The molecular weight excluding hydrogens is 208 g/mol. The quantitative estimate of drug-likeness (QED) is 0.859. The third-order valence-electron chi connectivity index (χ3n) is 2.05. The van der Waals surface area contributed by atoms with E-state index in [0.717, 1.165) is 16.9 Å². The Morgan fingerprint density at radius 3 is 3.00 bits per heavy atom. The number of carbonyl (C=O) groups excluding carboxylic acids is 1. The van der Waals surface area contributed by atoms with Gasteiger partial charge in [-0.2, -0.15) is 0 Å². The first-order valence-corrected chi connectivity index (χ1v) is 5.66. The first-order valence-electron chi connectivity index (χ1n) is 4.84. The van der Waals surface area contributed by atoms with Crippen molar-refractivity contribution in [2.24, 2.45) is 0 Å². The summed E-state index contributed by atoms with van der Waals surface area (Å²) in [4.78, 5) is 15.2. The van der Waals surface area contributed by atoms with Crippen LogP contribution in [0.1, 0.15) is 11.9 Å². The van der Waals surface area contributed by atoms with Crippen molar-refractivity contribution >= 4 is 27.5 Å². The highest BCUT2D eigenvalue weighted by Gasteiger charge is 2.02. The number of amides is 1. The summed E-state index contributed by atoms with van der Waals surface area (Å²) in [5.41, 5.74) is 1.04. The zero-order valence-corrected chi connectivity index (χ0v) is 9.30. The van der Waals surface area contributed by atoms with Crippen molar-refractivity contribution < 1.29 is 4.79 Å². The molecule has 1 amide bonds. The molecule has 15 heavy (non-hydrogen) atoms. The van der Waals surface area contributed by atoms with Gasteiger partial charge in [-0.15, -0.1) is 11.3 Å². The third kappa shape index (κ3) is 2.53. The van der Waals surface area contributed by atoms with Gasteiger partial charge in [0.15, 0.2) is 0 Å². The fraction of sp³-hybridized carbons (Fsp3) is 0.273. The highest BCUT2D eigenvalue weighted by molar-refractivity contribution is 7.18. The molecule has 1 N–H and O–H groups in total. The van der Waals surface area contributed by atoms with Crippen LogP contribution in [0.25, 0.3) is 10.2 Å². The van der Waals surface area contributed by atoms with Crippen LogP contribution in [0.3, 0.4) is 0 Å². The Labute approximate surface area is 92.1 Å². The molecule has 78 valence electrons. The number of thiazole rings is 1. The van der Waals surface area contributed by atoms with Gasteiger partial charge in [-0.3, -0.25) is 4.79 Å². The summed E-state index contributed by atoms with van der Waals surface area (Å²) in [6.07, 6.45) is 0.804. The highest BCUT2D eigenvalue weighted by Crippen LogP contribution is 2.21. The van der Waals surface area contributed by atoms with Gasteiger partial charge in [-0.1, -0.05) is 12.1 Å². The Bertz CT molecular complexity index is 445. The normalized spacial score (nSPS) is 10.5. The minimum absolute atomic E-state index is 0.0103. The molecule has 1 heterocycles. The topological polar surface area (TPSA) is 42.0 Å². The van der Waals surface area contributed by atoms with E-state index in [1.165, 1.54) is 11.6 Å². The number of hydrogen-bond acceptors (Lipinski definition) is 3. The van der Waals surface area contributed by atoms with Gasteiger partial charge in [0.05, 0.1) is 15.2 Å². The molecule has 0 radical (unpaired) electrons. The Kier molecular flexibility index (Phi) is 2.97. The number of hydrogen-bond donors (Lipinski definition) is 1. The molecule has 0 aliphatic carbocycles. The van der Waals surface area contributed by atoms with E-state index in [-0.39, 0.29) is 5.91 Å². The Balaban J connectivity index is 2.05. The molecule has 0 fully saturated rings. The van der Waals surface area contributed by atoms with Crippen LogP contribution in [0.15, 0.2) is 24.3 Å². The van der Waals surface area contributed by atoms with Crippen LogP contribution in [0.4, 0.5) is 0 Å². The molecule has 0 saturated heterocycles. The van der Waals surface area contributed by atoms with E-state index in [4.69, 9.17) is 0 Å². The Morgan fingerprint density at radius 2 is 2.27 bits per heavy atom. The number of rotatable bonds is 3. The van der Waals surface area contributed by atoms with E-state index >= 15 is 0 Å². The predicted octanol–water partition coefficient (Wildman–Crippen LogP) is 1.97. The standard InChI is InChI=1S/C11H12N2OS/c1-8(14)12-7-6-11-13-9-4-2-3-5-10(9)15-11/h2-5H,6-7H2,1H3,(H,12,14). The molecule has 3 nitrogen and oxygen atoms in total. The minimum atomic E-state index is 0.0103. The SMILES string of the molecule is CC(=O)NCCc1nc2ccccc2s1. The maximum atomic E-state index is 10.7. The molecular formula is C11H12N2OS. The maximum Gasteiger partial charge on any atom is 0.216 e. The molecule has 2 rings (SSSR count). The van der Waals surface area contributed by atoms with Crippen molar-refractivity contribution in [2.75, 3.05) is 6.54 Å². The minimum Gasteiger partial charge on any atom is -0.356 e. The largest absolute Gasteiger partial charge is 0.356 e. The van der Waals surface area contributed by atoms with Gasteiger partial charge in [-0.05, 0) is 12.1 Å². The molecule has 0 atom stereocenters. The smallest absolute Gasteiger partial charge is 0.216 e. The number of benzene rings is 1. The molecule has 0 unspecified atom stereocenters. The number of carbonyl (C=O) groups is 1. The monoisotopic (exact) mass is 220 g/mol. The second kappa shape index (κ2) is 4.40. The average Bonchev–Trinajstić information content (AvgIpc) is 2.59. The summed E-state index contributed by atoms with van der Waals surface area (Å²) in [5, 5.41) is 3.84.